The van der Waals surface area contributed by atoms with Crippen LogP contribution in [-0.2, 0) is 23.7 Å². The number of nitrogens with zero attached hydrogens (tertiary/aromatic N) is 1. The Morgan fingerprint density at radius 1 is 1.04 bits per heavy atom. The highest BCUT2D eigenvalue weighted by Gasteiger charge is 2.29. The molecule has 3 atom stereocenters. The van der Waals surface area contributed by atoms with Crippen molar-refractivity contribution in [3.8, 4) is 5.75 Å². The van der Waals surface area contributed by atoms with E-state index in [-0.39, 0.29) is 44.2 Å². The number of amides is 3. The maximum Gasteiger partial charge on any atom is 0.410 e. The molecular formula is C35H50ClN3O9. The summed E-state index contributed by atoms with van der Waals surface area (Å²) in [6, 6.07) is 12.1. The van der Waals surface area contributed by atoms with Gasteiger partial charge in [0.2, 0.25) is 0 Å². The van der Waals surface area contributed by atoms with Gasteiger partial charge in [0.05, 0.1) is 26.4 Å². The van der Waals surface area contributed by atoms with Crippen LogP contribution in [-0.4, -0.2) is 102 Å². The first-order valence-corrected chi connectivity index (χ1v) is 16.5. The number of methoxy groups -OCH3 is 2. The highest BCUT2D eigenvalue weighted by molar-refractivity contribution is 6.30. The van der Waals surface area contributed by atoms with Gasteiger partial charge in [-0.1, -0.05) is 23.7 Å². The molecule has 13 heteroatoms. The molecule has 0 aromatic heterocycles. The third kappa shape index (κ3) is 13.1. The number of benzene rings is 2. The van der Waals surface area contributed by atoms with Gasteiger partial charge >= 0.3 is 12.2 Å². The summed E-state index contributed by atoms with van der Waals surface area (Å²) < 4.78 is 33.3. The number of alkyl carbamates (subject to hydrolysis) is 1. The number of ether oxygens (including phenoxy) is 6. The molecule has 1 fully saturated rings. The van der Waals surface area contributed by atoms with E-state index in [1.54, 1.807) is 49.4 Å². The lowest BCUT2D eigenvalue weighted by Crippen LogP contribution is -2.48. The fourth-order valence-corrected chi connectivity index (χ4v) is 5.44. The Morgan fingerprint density at radius 2 is 1.83 bits per heavy atom. The quantitative estimate of drug-likeness (QED) is 0.216. The van der Waals surface area contributed by atoms with Gasteiger partial charge in [-0.05, 0) is 87.4 Å². The van der Waals surface area contributed by atoms with Crippen LogP contribution in [0.2, 0.25) is 5.02 Å². The Morgan fingerprint density at radius 3 is 2.50 bits per heavy atom. The Bertz CT molecular complexity index is 1330. The smallest absolute Gasteiger partial charge is 0.410 e. The number of rotatable bonds is 16. The lowest BCUT2D eigenvalue weighted by Gasteiger charge is -2.34. The van der Waals surface area contributed by atoms with E-state index in [2.05, 4.69) is 15.4 Å². The number of nitrogens with one attached hydrogen (secondary N) is 2. The SMILES string of the molecule is COCCOc1cc(C(=O)NC[C@H](C[C@H]2CCCOC2)N(C)C(=O)OC(C)(C)C)cc(C(OCCNC(=O)OC)c2cccc(Cl)c2)c1. The Balaban J connectivity index is 1.89. The summed E-state index contributed by atoms with van der Waals surface area (Å²) in [5.74, 6) is 0.340. The number of halogens is 1. The predicted molar refractivity (Wildman–Crippen MR) is 182 cm³/mol. The molecular weight excluding hydrogens is 642 g/mol. The zero-order valence-electron chi connectivity index (χ0n) is 28.8. The molecule has 1 heterocycles. The molecule has 0 bridgehead atoms. The van der Waals surface area contributed by atoms with E-state index in [9.17, 15) is 14.4 Å². The summed E-state index contributed by atoms with van der Waals surface area (Å²) in [6.07, 6.45) is 0.892. The minimum absolute atomic E-state index is 0.145. The fraction of sp³-hybridized carbons (Fsp3) is 0.571. The number of likely N-dealkylation sites (N-methyl/N-ethyl adjacent to an activating group) is 1. The predicted octanol–water partition coefficient (Wildman–Crippen LogP) is 5.61. The summed E-state index contributed by atoms with van der Waals surface area (Å²) in [5.41, 5.74) is 1.05. The maximum absolute atomic E-state index is 13.8. The second kappa shape index (κ2) is 19.4. The first kappa shape index (κ1) is 38.9. The van der Waals surface area contributed by atoms with Crippen molar-refractivity contribution in [3.05, 3.63) is 64.2 Å². The van der Waals surface area contributed by atoms with Gasteiger partial charge < -0.3 is 44.0 Å². The van der Waals surface area contributed by atoms with Crippen molar-refractivity contribution in [2.75, 3.05) is 67.4 Å². The molecule has 3 rings (SSSR count). The minimum Gasteiger partial charge on any atom is -0.491 e. The van der Waals surface area contributed by atoms with Crippen LogP contribution in [0.1, 0.15) is 67.6 Å². The van der Waals surface area contributed by atoms with E-state index >= 15 is 0 Å². The molecule has 12 nitrogen and oxygen atoms in total. The summed E-state index contributed by atoms with van der Waals surface area (Å²) in [5, 5.41) is 6.16. The number of hydrogen-bond acceptors (Lipinski definition) is 9. The highest BCUT2D eigenvalue weighted by Crippen LogP contribution is 2.32. The van der Waals surface area contributed by atoms with Crippen LogP contribution in [0, 0.1) is 5.92 Å². The van der Waals surface area contributed by atoms with Crippen LogP contribution < -0.4 is 15.4 Å². The van der Waals surface area contributed by atoms with Gasteiger partial charge in [-0.3, -0.25) is 4.79 Å². The Kier molecular flexibility index (Phi) is 15.7. The van der Waals surface area contributed by atoms with E-state index in [1.807, 2.05) is 32.9 Å². The van der Waals surface area contributed by atoms with Gasteiger partial charge in [0.25, 0.3) is 5.91 Å². The molecule has 1 aliphatic rings. The second-order valence-electron chi connectivity index (χ2n) is 12.6. The zero-order chi connectivity index (χ0) is 35.1. The molecule has 0 spiro atoms. The first-order chi connectivity index (χ1) is 22.9. The van der Waals surface area contributed by atoms with E-state index in [4.69, 9.17) is 35.3 Å². The lowest BCUT2D eigenvalue weighted by molar-refractivity contribution is 0.0112. The summed E-state index contributed by atoms with van der Waals surface area (Å²) >= 11 is 6.34. The molecule has 1 aliphatic heterocycles. The van der Waals surface area contributed by atoms with Gasteiger partial charge in [0.1, 0.15) is 24.1 Å². The van der Waals surface area contributed by atoms with Crippen molar-refractivity contribution in [2.24, 2.45) is 5.92 Å². The standard InChI is InChI=1S/C35H50ClN3O9/c1-35(2,3)48-34(42)39(4)29(17-24-9-8-13-45-23-24)22-38-32(40)27-18-26(20-30(21-27)46-16-15-43-5)31(25-10-7-11-28(36)19-25)47-14-12-37-33(41)44-6/h7,10-11,18-21,24,29,31H,8-9,12-17,22-23H2,1-6H3,(H,37,41)(H,38,40)/t24-,29+,31?/m1/s1. The Labute approximate surface area is 288 Å². The molecule has 266 valence electrons. The van der Waals surface area contributed by atoms with Crippen molar-refractivity contribution in [1.82, 2.24) is 15.5 Å². The molecule has 3 amide bonds. The highest BCUT2D eigenvalue weighted by atomic mass is 35.5. The third-order valence-electron chi connectivity index (χ3n) is 7.63. The minimum atomic E-state index is -0.663. The molecule has 0 saturated carbocycles. The first-order valence-electron chi connectivity index (χ1n) is 16.2. The van der Waals surface area contributed by atoms with Crippen LogP contribution in [0.4, 0.5) is 9.59 Å². The number of carbonyl (C=O) groups is 3. The molecule has 0 radical (unpaired) electrons. The molecule has 1 unspecified atom stereocenters. The van der Waals surface area contributed by atoms with Crippen molar-refractivity contribution >= 4 is 29.7 Å². The van der Waals surface area contributed by atoms with Gasteiger partial charge in [-0.15, -0.1) is 0 Å². The largest absolute Gasteiger partial charge is 0.491 e. The van der Waals surface area contributed by atoms with E-state index in [0.717, 1.165) is 25.0 Å². The molecule has 48 heavy (non-hydrogen) atoms. The normalized spacial score (nSPS) is 15.9. The van der Waals surface area contributed by atoms with Crippen molar-refractivity contribution in [3.63, 3.8) is 0 Å². The number of hydrogen-bond donors (Lipinski definition) is 2. The van der Waals surface area contributed by atoms with E-state index < -0.39 is 23.9 Å². The van der Waals surface area contributed by atoms with Crippen molar-refractivity contribution in [2.45, 2.75) is 57.8 Å². The van der Waals surface area contributed by atoms with Crippen LogP contribution >= 0.6 is 11.6 Å². The summed E-state index contributed by atoms with van der Waals surface area (Å²) in [4.78, 5) is 40.0. The van der Waals surface area contributed by atoms with Crippen LogP contribution in [0.15, 0.2) is 42.5 Å². The van der Waals surface area contributed by atoms with Crippen molar-refractivity contribution in [1.29, 1.82) is 0 Å². The average Bonchev–Trinajstić information content (AvgIpc) is 3.05. The summed E-state index contributed by atoms with van der Waals surface area (Å²) in [6.45, 7) is 7.94. The number of carbonyl (C=O) groups excluding carboxylic acids is 3. The lowest BCUT2D eigenvalue weighted by atomic mass is 9.93. The van der Waals surface area contributed by atoms with Crippen LogP contribution in [0.5, 0.6) is 5.75 Å². The van der Waals surface area contributed by atoms with E-state index in [1.165, 1.54) is 7.11 Å². The third-order valence-corrected chi connectivity index (χ3v) is 7.87. The van der Waals surface area contributed by atoms with Gasteiger partial charge in [-0.25, -0.2) is 9.59 Å². The Hall–Kier alpha value is -3.58. The fourth-order valence-electron chi connectivity index (χ4n) is 5.24. The average molecular weight is 692 g/mol. The van der Waals surface area contributed by atoms with E-state index in [0.29, 0.717) is 41.5 Å². The zero-order valence-corrected chi connectivity index (χ0v) is 29.6. The van der Waals surface area contributed by atoms with Gasteiger partial charge in [0, 0.05) is 51.0 Å². The van der Waals surface area contributed by atoms with Crippen molar-refractivity contribution < 1.29 is 42.8 Å². The van der Waals surface area contributed by atoms with Gasteiger partial charge in [0.15, 0.2) is 0 Å². The second-order valence-corrected chi connectivity index (χ2v) is 13.1. The maximum atomic E-state index is 13.8. The molecule has 1 saturated heterocycles. The van der Waals surface area contributed by atoms with Crippen LogP contribution in [0.25, 0.3) is 0 Å². The summed E-state index contributed by atoms with van der Waals surface area (Å²) in [7, 11) is 4.56. The molecule has 2 aromatic carbocycles. The molecule has 0 aliphatic carbocycles. The van der Waals surface area contributed by atoms with Crippen LogP contribution in [0.3, 0.4) is 0 Å². The topological polar surface area (TPSA) is 134 Å². The monoisotopic (exact) mass is 691 g/mol. The molecule has 2 aromatic rings. The molecule has 2 N–H and O–H groups in total. The van der Waals surface area contributed by atoms with Gasteiger partial charge in [-0.2, -0.15) is 0 Å².